The van der Waals surface area contributed by atoms with E-state index in [-0.39, 0.29) is 17.3 Å². The van der Waals surface area contributed by atoms with Gasteiger partial charge in [-0.25, -0.2) is 9.59 Å². The van der Waals surface area contributed by atoms with E-state index in [1.807, 2.05) is 4.90 Å². The van der Waals surface area contributed by atoms with E-state index in [9.17, 15) is 24.5 Å². The minimum atomic E-state index is -0.844. The Hall–Kier alpha value is -3.17. The highest BCUT2D eigenvalue weighted by molar-refractivity contribution is 5.99. The number of benzene rings is 1. The molecule has 0 aromatic heterocycles. The number of esters is 1. The van der Waals surface area contributed by atoms with Crippen molar-refractivity contribution in [2.45, 2.75) is 51.5 Å². The maximum atomic E-state index is 12.7. The van der Waals surface area contributed by atoms with E-state index >= 15 is 0 Å². The number of anilines is 1. The van der Waals surface area contributed by atoms with Crippen molar-refractivity contribution in [3.63, 3.8) is 0 Å². The summed E-state index contributed by atoms with van der Waals surface area (Å²) < 4.78 is 5.07. The normalized spacial score (nSPS) is 17.3. The van der Waals surface area contributed by atoms with E-state index in [0.717, 1.165) is 51.6 Å². The molecule has 1 aliphatic heterocycles. The number of amides is 3. The minimum absolute atomic E-state index is 0.0342. The molecule has 1 aromatic rings. The highest BCUT2D eigenvalue weighted by atomic mass is 16.6. The molecule has 168 valence electrons. The first kappa shape index (κ1) is 22.5. The lowest BCUT2D eigenvalue weighted by molar-refractivity contribution is -0.384. The monoisotopic (exact) mass is 432 g/mol. The number of imide groups is 1. The Kier molecular flexibility index (Phi) is 7.43. The lowest BCUT2D eigenvalue weighted by atomic mass is 9.98. The van der Waals surface area contributed by atoms with Crippen LogP contribution in [0.15, 0.2) is 18.2 Å². The van der Waals surface area contributed by atoms with Crippen LogP contribution in [0.2, 0.25) is 0 Å². The predicted octanol–water partition coefficient (Wildman–Crippen LogP) is 2.76. The molecule has 0 unspecified atom stereocenters. The number of ether oxygens (including phenoxy) is 1. The van der Waals surface area contributed by atoms with E-state index in [1.54, 1.807) is 6.07 Å². The van der Waals surface area contributed by atoms with Crippen LogP contribution in [-0.2, 0) is 9.53 Å². The van der Waals surface area contributed by atoms with Gasteiger partial charge < -0.3 is 15.0 Å². The zero-order valence-electron chi connectivity index (χ0n) is 17.6. The molecule has 3 amide bonds. The smallest absolute Gasteiger partial charge is 0.341 e. The number of nitrogens with one attached hydrogen (secondary N) is 2. The number of hydrogen-bond donors (Lipinski definition) is 2. The van der Waals surface area contributed by atoms with E-state index in [2.05, 4.69) is 17.6 Å². The molecule has 1 heterocycles. The van der Waals surface area contributed by atoms with Crippen LogP contribution < -0.4 is 15.5 Å². The Morgan fingerprint density at radius 1 is 1.16 bits per heavy atom. The molecule has 3 rings (SSSR count). The number of rotatable bonds is 6. The van der Waals surface area contributed by atoms with Crippen LogP contribution in [-0.4, -0.2) is 48.6 Å². The van der Waals surface area contributed by atoms with Gasteiger partial charge in [0.05, 0.1) is 16.2 Å². The van der Waals surface area contributed by atoms with Crippen LogP contribution in [0.1, 0.15) is 55.8 Å². The van der Waals surface area contributed by atoms with Crippen LogP contribution in [0, 0.1) is 16.0 Å². The fraction of sp³-hybridized carbons (Fsp3) is 0.571. The maximum Gasteiger partial charge on any atom is 0.341 e. The number of nitro groups is 1. The van der Waals surface area contributed by atoms with Gasteiger partial charge in [-0.05, 0) is 37.7 Å². The maximum absolute atomic E-state index is 12.7. The second-order valence-electron chi connectivity index (χ2n) is 8.21. The number of non-ortho nitro benzene ring substituents is 1. The van der Waals surface area contributed by atoms with Crippen molar-refractivity contribution in [2.75, 3.05) is 24.6 Å². The summed E-state index contributed by atoms with van der Waals surface area (Å²) in [6, 6.07) is 3.49. The molecule has 31 heavy (non-hydrogen) atoms. The highest BCUT2D eigenvalue weighted by Crippen LogP contribution is 2.29. The van der Waals surface area contributed by atoms with E-state index < -0.39 is 29.4 Å². The van der Waals surface area contributed by atoms with Gasteiger partial charge in [-0.15, -0.1) is 0 Å². The predicted molar refractivity (Wildman–Crippen MR) is 113 cm³/mol. The van der Waals surface area contributed by atoms with Gasteiger partial charge in [0, 0.05) is 31.3 Å². The molecule has 0 atom stereocenters. The van der Waals surface area contributed by atoms with Crippen molar-refractivity contribution in [1.82, 2.24) is 10.6 Å². The highest BCUT2D eigenvalue weighted by Gasteiger charge is 2.25. The second kappa shape index (κ2) is 10.2. The van der Waals surface area contributed by atoms with Crippen LogP contribution >= 0.6 is 0 Å². The number of carbonyl (C=O) groups excluding carboxylic acids is 3. The zero-order chi connectivity index (χ0) is 22.4. The van der Waals surface area contributed by atoms with Crippen molar-refractivity contribution in [3.05, 3.63) is 33.9 Å². The molecule has 2 fully saturated rings. The summed E-state index contributed by atoms with van der Waals surface area (Å²) in [4.78, 5) is 49.1. The van der Waals surface area contributed by atoms with Gasteiger partial charge in [0.15, 0.2) is 6.61 Å². The largest absolute Gasteiger partial charge is 0.452 e. The number of hydrogen-bond acceptors (Lipinski definition) is 7. The second-order valence-corrected chi connectivity index (χ2v) is 8.21. The molecule has 1 aliphatic carbocycles. The number of carbonyl (C=O) groups is 3. The molecule has 1 saturated heterocycles. The Labute approximate surface area is 180 Å². The van der Waals surface area contributed by atoms with Crippen LogP contribution in [0.4, 0.5) is 16.2 Å². The Morgan fingerprint density at radius 3 is 2.48 bits per heavy atom. The van der Waals surface area contributed by atoms with Gasteiger partial charge in [0.2, 0.25) is 0 Å². The molecule has 1 aromatic carbocycles. The number of piperidine rings is 1. The van der Waals surface area contributed by atoms with Gasteiger partial charge in [-0.1, -0.05) is 19.8 Å². The summed E-state index contributed by atoms with van der Waals surface area (Å²) in [6.07, 6.45) is 5.73. The van der Waals surface area contributed by atoms with Gasteiger partial charge in [0.1, 0.15) is 0 Å². The lowest BCUT2D eigenvalue weighted by Gasteiger charge is -2.33. The van der Waals surface area contributed by atoms with Gasteiger partial charge in [0.25, 0.3) is 11.6 Å². The van der Waals surface area contributed by atoms with Crippen molar-refractivity contribution in [1.29, 1.82) is 0 Å². The SMILES string of the molecule is CC1CCN(c2ccc([N+](=O)[O-])cc2C(=O)OCC(=O)NC(=O)NC2CCCC2)CC1. The summed E-state index contributed by atoms with van der Waals surface area (Å²) in [7, 11) is 0. The summed E-state index contributed by atoms with van der Waals surface area (Å²) in [6.45, 7) is 2.95. The standard InChI is InChI=1S/C21H28N4O6/c1-14-8-10-24(11-9-14)18-7-6-16(25(29)30)12-17(18)20(27)31-13-19(26)23-21(28)22-15-4-2-3-5-15/h6-7,12,14-15H,2-5,8-11,13H2,1H3,(H2,22,23,26,28). The number of urea groups is 1. The summed E-state index contributed by atoms with van der Waals surface area (Å²) in [5.74, 6) is -1.03. The average Bonchev–Trinajstić information content (AvgIpc) is 3.25. The van der Waals surface area contributed by atoms with Crippen molar-refractivity contribution >= 4 is 29.3 Å². The Bertz CT molecular complexity index is 844. The third-order valence-electron chi connectivity index (χ3n) is 5.81. The van der Waals surface area contributed by atoms with Crippen LogP contribution in [0.25, 0.3) is 0 Å². The zero-order valence-corrected chi connectivity index (χ0v) is 17.6. The summed E-state index contributed by atoms with van der Waals surface area (Å²) in [5.41, 5.74) is 0.343. The third kappa shape index (κ3) is 6.16. The topological polar surface area (TPSA) is 131 Å². The molecule has 0 bridgehead atoms. The van der Waals surface area contributed by atoms with E-state index in [4.69, 9.17) is 4.74 Å². The minimum Gasteiger partial charge on any atom is -0.452 e. The number of nitro benzene ring substituents is 1. The number of nitrogens with zero attached hydrogens (tertiary/aromatic N) is 2. The van der Waals surface area contributed by atoms with Crippen molar-refractivity contribution < 1.29 is 24.0 Å². The molecule has 10 heteroatoms. The Balaban J connectivity index is 1.62. The first-order valence-electron chi connectivity index (χ1n) is 10.6. The molecular formula is C21H28N4O6. The lowest BCUT2D eigenvalue weighted by Crippen LogP contribution is -2.45. The molecule has 10 nitrogen and oxygen atoms in total. The van der Waals surface area contributed by atoms with Crippen molar-refractivity contribution in [3.8, 4) is 0 Å². The Morgan fingerprint density at radius 2 is 1.84 bits per heavy atom. The summed E-state index contributed by atoms with van der Waals surface area (Å²) >= 11 is 0. The van der Waals surface area contributed by atoms with Crippen LogP contribution in [0.3, 0.4) is 0 Å². The fourth-order valence-electron chi connectivity index (χ4n) is 3.99. The molecule has 0 radical (unpaired) electrons. The van der Waals surface area contributed by atoms with Gasteiger partial charge in [-0.2, -0.15) is 0 Å². The van der Waals surface area contributed by atoms with Crippen LogP contribution in [0.5, 0.6) is 0 Å². The first-order chi connectivity index (χ1) is 14.8. The van der Waals surface area contributed by atoms with E-state index in [0.29, 0.717) is 11.6 Å². The molecular weight excluding hydrogens is 404 g/mol. The molecule has 2 N–H and O–H groups in total. The fourth-order valence-corrected chi connectivity index (χ4v) is 3.99. The van der Waals surface area contributed by atoms with Gasteiger partial charge >= 0.3 is 12.0 Å². The van der Waals surface area contributed by atoms with Crippen molar-refractivity contribution in [2.24, 2.45) is 5.92 Å². The average molecular weight is 432 g/mol. The molecule has 2 aliphatic rings. The quantitative estimate of drug-likeness (QED) is 0.401. The summed E-state index contributed by atoms with van der Waals surface area (Å²) in [5, 5.41) is 16.0. The molecule has 1 saturated carbocycles. The van der Waals surface area contributed by atoms with E-state index in [1.165, 1.54) is 12.1 Å². The first-order valence-corrected chi connectivity index (χ1v) is 10.6. The molecule has 0 spiro atoms. The van der Waals surface area contributed by atoms with Gasteiger partial charge in [-0.3, -0.25) is 20.2 Å². The third-order valence-corrected chi connectivity index (χ3v) is 5.81.